The van der Waals surface area contributed by atoms with Crippen LogP contribution in [0.25, 0.3) is 0 Å². The molecule has 0 bridgehead atoms. The molecule has 34 heavy (non-hydrogen) atoms. The summed E-state index contributed by atoms with van der Waals surface area (Å²) in [6, 6.07) is 13.6. The molecule has 1 aromatic heterocycles. The third-order valence-corrected chi connectivity index (χ3v) is 6.40. The van der Waals surface area contributed by atoms with Gasteiger partial charge in [0.25, 0.3) is 5.91 Å². The predicted octanol–water partition coefficient (Wildman–Crippen LogP) is 2.52. The Labute approximate surface area is 195 Å². The van der Waals surface area contributed by atoms with Gasteiger partial charge in [0.2, 0.25) is 16.8 Å². The van der Waals surface area contributed by atoms with E-state index in [9.17, 15) is 18.0 Å². The van der Waals surface area contributed by atoms with Crippen molar-refractivity contribution in [1.29, 1.82) is 0 Å². The highest BCUT2D eigenvalue weighted by Crippen LogP contribution is 2.34. The second-order valence-corrected chi connectivity index (χ2v) is 9.18. The Morgan fingerprint density at radius 1 is 1.06 bits per heavy atom. The molecule has 10 nitrogen and oxygen atoms in total. The number of esters is 1. The first-order valence-corrected chi connectivity index (χ1v) is 11.8. The second-order valence-electron chi connectivity index (χ2n) is 7.41. The summed E-state index contributed by atoms with van der Waals surface area (Å²) in [7, 11) is -3.89. The number of furan rings is 1. The van der Waals surface area contributed by atoms with E-state index in [0.29, 0.717) is 17.3 Å². The SMILES string of the molecule is CC(NC(=O)COC(=O)c1cccc(S(=O)(=O)NCc2ccco2)c1)c1ccc2c(c1)OCO2. The number of benzene rings is 2. The number of fused-ring (bicyclic) bond motifs is 1. The Bertz CT molecular complexity index is 1290. The topological polar surface area (TPSA) is 133 Å². The number of sulfonamides is 1. The van der Waals surface area contributed by atoms with Crippen LogP contribution < -0.4 is 19.5 Å². The van der Waals surface area contributed by atoms with Crippen LogP contribution in [-0.2, 0) is 26.1 Å². The molecule has 1 atom stereocenters. The molecule has 11 heteroatoms. The van der Waals surface area contributed by atoms with Crippen LogP contribution in [0.4, 0.5) is 0 Å². The summed E-state index contributed by atoms with van der Waals surface area (Å²) in [4.78, 5) is 24.5. The zero-order valence-electron chi connectivity index (χ0n) is 18.1. The molecule has 0 saturated heterocycles. The molecule has 2 N–H and O–H groups in total. The molecule has 0 spiro atoms. The number of hydrogen-bond donors (Lipinski definition) is 2. The van der Waals surface area contributed by atoms with Crippen LogP contribution in [0, 0.1) is 0 Å². The van der Waals surface area contributed by atoms with Crippen molar-refractivity contribution in [3.63, 3.8) is 0 Å². The van der Waals surface area contributed by atoms with E-state index in [1.54, 1.807) is 37.3 Å². The van der Waals surface area contributed by atoms with Crippen LogP contribution in [-0.4, -0.2) is 33.7 Å². The molecule has 4 rings (SSSR count). The third kappa shape index (κ3) is 5.56. The van der Waals surface area contributed by atoms with Crippen LogP contribution in [0.15, 0.2) is 70.2 Å². The summed E-state index contributed by atoms with van der Waals surface area (Å²) in [5.74, 6) is 0.339. The minimum Gasteiger partial charge on any atom is -0.468 e. The van der Waals surface area contributed by atoms with E-state index in [1.807, 2.05) is 0 Å². The zero-order chi connectivity index (χ0) is 24.1. The number of nitrogens with one attached hydrogen (secondary N) is 2. The van der Waals surface area contributed by atoms with Crippen LogP contribution in [0.1, 0.15) is 34.6 Å². The third-order valence-electron chi connectivity index (χ3n) is 5.01. The fraction of sp³-hybridized carbons (Fsp3) is 0.217. The maximum absolute atomic E-state index is 12.5. The van der Waals surface area contributed by atoms with Gasteiger partial charge in [0.15, 0.2) is 18.1 Å². The Morgan fingerprint density at radius 3 is 2.68 bits per heavy atom. The molecular weight excluding hydrogens is 464 g/mol. The lowest BCUT2D eigenvalue weighted by Crippen LogP contribution is -2.31. The first-order chi connectivity index (χ1) is 16.3. The summed E-state index contributed by atoms with van der Waals surface area (Å²) in [6.07, 6.45) is 1.44. The first-order valence-electron chi connectivity index (χ1n) is 10.3. The van der Waals surface area contributed by atoms with Crippen molar-refractivity contribution in [3.05, 3.63) is 77.7 Å². The molecule has 1 aliphatic heterocycles. The minimum atomic E-state index is -3.89. The molecule has 2 aromatic carbocycles. The molecule has 2 heterocycles. The van der Waals surface area contributed by atoms with Crippen molar-refractivity contribution in [3.8, 4) is 11.5 Å². The van der Waals surface area contributed by atoms with Gasteiger partial charge in [0.1, 0.15) is 5.76 Å². The van der Waals surface area contributed by atoms with Crippen molar-refractivity contribution < 1.29 is 36.6 Å². The standard InChI is InChI=1S/C23H22N2O8S/c1-15(16-7-8-20-21(11-16)33-14-32-20)25-22(26)13-31-23(27)17-4-2-6-19(10-17)34(28,29)24-12-18-5-3-9-30-18/h2-11,15,24H,12-14H2,1H3,(H,25,26). The van der Waals surface area contributed by atoms with E-state index in [4.69, 9.17) is 18.6 Å². The van der Waals surface area contributed by atoms with E-state index < -0.39 is 28.5 Å². The lowest BCUT2D eigenvalue weighted by atomic mass is 10.1. The van der Waals surface area contributed by atoms with Gasteiger partial charge in [-0.3, -0.25) is 4.79 Å². The van der Waals surface area contributed by atoms with Crippen LogP contribution >= 0.6 is 0 Å². The molecule has 1 amide bonds. The van der Waals surface area contributed by atoms with Gasteiger partial charge in [-0.2, -0.15) is 0 Å². The zero-order valence-corrected chi connectivity index (χ0v) is 19.0. The van der Waals surface area contributed by atoms with Crippen LogP contribution in [0.3, 0.4) is 0 Å². The number of ether oxygens (including phenoxy) is 3. The van der Waals surface area contributed by atoms with Gasteiger partial charge in [-0.15, -0.1) is 0 Å². The van der Waals surface area contributed by atoms with Gasteiger partial charge < -0.3 is 23.9 Å². The Balaban J connectivity index is 1.31. The summed E-state index contributed by atoms with van der Waals surface area (Å²) in [5, 5.41) is 2.73. The largest absolute Gasteiger partial charge is 0.468 e. The number of hydrogen-bond acceptors (Lipinski definition) is 8. The van der Waals surface area contributed by atoms with E-state index in [2.05, 4.69) is 10.0 Å². The Morgan fingerprint density at radius 2 is 1.88 bits per heavy atom. The Kier molecular flexibility index (Phi) is 6.85. The van der Waals surface area contributed by atoms with Gasteiger partial charge >= 0.3 is 5.97 Å². The molecule has 178 valence electrons. The van der Waals surface area contributed by atoms with Crippen molar-refractivity contribution in [2.75, 3.05) is 13.4 Å². The van der Waals surface area contributed by atoms with E-state index in [-0.39, 0.29) is 29.8 Å². The van der Waals surface area contributed by atoms with Gasteiger partial charge in [0.05, 0.1) is 29.3 Å². The smallest absolute Gasteiger partial charge is 0.338 e. The lowest BCUT2D eigenvalue weighted by molar-refractivity contribution is -0.124. The predicted molar refractivity (Wildman–Crippen MR) is 119 cm³/mol. The van der Waals surface area contributed by atoms with Gasteiger partial charge in [-0.1, -0.05) is 12.1 Å². The van der Waals surface area contributed by atoms with E-state index in [0.717, 1.165) is 5.56 Å². The number of carbonyl (C=O) groups is 2. The van der Waals surface area contributed by atoms with Gasteiger partial charge in [0, 0.05) is 0 Å². The normalized spacial score (nSPS) is 13.3. The van der Waals surface area contributed by atoms with Crippen molar-refractivity contribution in [2.24, 2.45) is 0 Å². The highest BCUT2D eigenvalue weighted by atomic mass is 32.2. The van der Waals surface area contributed by atoms with Crippen molar-refractivity contribution >= 4 is 21.9 Å². The van der Waals surface area contributed by atoms with Crippen molar-refractivity contribution in [1.82, 2.24) is 10.0 Å². The van der Waals surface area contributed by atoms with E-state index >= 15 is 0 Å². The van der Waals surface area contributed by atoms with Gasteiger partial charge in [-0.05, 0) is 55.0 Å². The maximum Gasteiger partial charge on any atom is 0.338 e. The molecule has 3 aromatic rings. The summed E-state index contributed by atoms with van der Waals surface area (Å²) in [5.41, 5.74) is 0.793. The molecular formula is C23H22N2O8S. The summed E-state index contributed by atoms with van der Waals surface area (Å²) in [6.45, 7) is 1.37. The highest BCUT2D eigenvalue weighted by Gasteiger charge is 2.20. The molecule has 0 saturated carbocycles. The molecule has 1 aliphatic rings. The number of rotatable bonds is 9. The van der Waals surface area contributed by atoms with Crippen LogP contribution in [0.5, 0.6) is 11.5 Å². The van der Waals surface area contributed by atoms with Gasteiger partial charge in [-0.25, -0.2) is 17.9 Å². The van der Waals surface area contributed by atoms with Crippen LogP contribution in [0.2, 0.25) is 0 Å². The first kappa shape index (κ1) is 23.3. The Hall–Kier alpha value is -3.83. The molecule has 1 unspecified atom stereocenters. The molecule has 0 fully saturated rings. The number of carbonyl (C=O) groups excluding carboxylic acids is 2. The lowest BCUT2D eigenvalue weighted by Gasteiger charge is -2.15. The quantitative estimate of drug-likeness (QED) is 0.441. The average Bonchev–Trinajstić information content (AvgIpc) is 3.53. The van der Waals surface area contributed by atoms with E-state index in [1.165, 1.54) is 30.5 Å². The average molecular weight is 487 g/mol. The molecule has 0 radical (unpaired) electrons. The fourth-order valence-corrected chi connectivity index (χ4v) is 4.26. The molecule has 0 aliphatic carbocycles. The summed E-state index contributed by atoms with van der Waals surface area (Å²) < 4.78 is 48.2. The van der Waals surface area contributed by atoms with Crippen molar-refractivity contribution in [2.45, 2.75) is 24.4 Å². The highest BCUT2D eigenvalue weighted by molar-refractivity contribution is 7.89. The fourth-order valence-electron chi connectivity index (χ4n) is 3.22. The minimum absolute atomic E-state index is 0.00232. The summed E-state index contributed by atoms with van der Waals surface area (Å²) >= 11 is 0. The number of amides is 1. The monoisotopic (exact) mass is 486 g/mol. The second kappa shape index (κ2) is 9.98. The maximum atomic E-state index is 12.5.